The molecule has 0 aromatic heterocycles. The number of rotatable bonds is 6. The van der Waals surface area contributed by atoms with Crippen molar-refractivity contribution in [3.63, 3.8) is 0 Å². The SMILES string of the molecule is COC(=O)[C@@H](N)Cc1ccc(O)cc1.COC(=O)[C@@H](N)Cc1ccc(O)cc1. The highest BCUT2D eigenvalue weighted by atomic mass is 16.5. The van der Waals surface area contributed by atoms with Crippen LogP contribution in [0.4, 0.5) is 0 Å². The van der Waals surface area contributed by atoms with E-state index in [1.165, 1.54) is 14.2 Å². The molecule has 0 heterocycles. The summed E-state index contributed by atoms with van der Waals surface area (Å²) in [7, 11) is 2.61. The Morgan fingerprint density at radius 2 is 1.04 bits per heavy atom. The van der Waals surface area contributed by atoms with E-state index in [-0.39, 0.29) is 11.5 Å². The molecule has 28 heavy (non-hydrogen) atoms. The molecule has 2 aromatic carbocycles. The van der Waals surface area contributed by atoms with Crippen LogP contribution in [0, 0.1) is 0 Å². The van der Waals surface area contributed by atoms with Crippen molar-refractivity contribution in [1.29, 1.82) is 0 Å². The average Bonchev–Trinajstić information content (AvgIpc) is 2.70. The highest BCUT2D eigenvalue weighted by molar-refractivity contribution is 5.76. The van der Waals surface area contributed by atoms with Gasteiger partial charge in [0.25, 0.3) is 0 Å². The van der Waals surface area contributed by atoms with E-state index in [2.05, 4.69) is 9.47 Å². The van der Waals surface area contributed by atoms with Gasteiger partial charge in [-0.3, -0.25) is 9.59 Å². The number of phenols is 2. The standard InChI is InChI=1S/2C10H13NO3/c2*1-14-10(13)9(11)6-7-2-4-8(12)5-3-7/h2*2-5,9,12H,6,11H2,1H3/t2*9-/m00/s1. The molecular formula is C20H26N2O6. The van der Waals surface area contributed by atoms with Crippen molar-refractivity contribution >= 4 is 11.9 Å². The molecular weight excluding hydrogens is 364 g/mol. The predicted molar refractivity (Wildman–Crippen MR) is 104 cm³/mol. The Balaban J connectivity index is 0.000000280. The molecule has 0 unspecified atom stereocenters. The van der Waals surface area contributed by atoms with Gasteiger partial charge in [-0.15, -0.1) is 0 Å². The molecule has 152 valence electrons. The van der Waals surface area contributed by atoms with Crippen LogP contribution in [0.1, 0.15) is 11.1 Å². The van der Waals surface area contributed by atoms with Crippen LogP contribution in [-0.4, -0.2) is 48.5 Å². The quantitative estimate of drug-likeness (QED) is 0.532. The van der Waals surface area contributed by atoms with Gasteiger partial charge in [0.1, 0.15) is 23.6 Å². The van der Waals surface area contributed by atoms with Gasteiger partial charge in [0.2, 0.25) is 0 Å². The lowest BCUT2D eigenvalue weighted by atomic mass is 10.1. The summed E-state index contributed by atoms with van der Waals surface area (Å²) in [6.07, 6.45) is 0.819. The van der Waals surface area contributed by atoms with Gasteiger partial charge in [-0.25, -0.2) is 0 Å². The number of benzene rings is 2. The molecule has 0 saturated heterocycles. The summed E-state index contributed by atoms with van der Waals surface area (Å²) in [6, 6.07) is 11.8. The van der Waals surface area contributed by atoms with Crippen molar-refractivity contribution in [2.45, 2.75) is 24.9 Å². The third-order valence-electron chi connectivity index (χ3n) is 3.79. The lowest BCUT2D eigenvalue weighted by Crippen LogP contribution is -2.33. The highest BCUT2D eigenvalue weighted by Gasteiger charge is 2.14. The number of carbonyl (C=O) groups is 2. The Morgan fingerprint density at radius 3 is 1.29 bits per heavy atom. The van der Waals surface area contributed by atoms with Gasteiger partial charge in [0.05, 0.1) is 14.2 Å². The van der Waals surface area contributed by atoms with Crippen molar-refractivity contribution in [1.82, 2.24) is 0 Å². The second kappa shape index (κ2) is 11.6. The molecule has 0 spiro atoms. The molecule has 0 radical (unpaired) electrons. The smallest absolute Gasteiger partial charge is 0.322 e. The zero-order chi connectivity index (χ0) is 21.1. The van der Waals surface area contributed by atoms with Gasteiger partial charge in [0.15, 0.2) is 0 Å². The van der Waals surface area contributed by atoms with Gasteiger partial charge in [-0.1, -0.05) is 24.3 Å². The summed E-state index contributed by atoms with van der Waals surface area (Å²) in [5.74, 6) is -0.475. The molecule has 0 fully saturated rings. The number of hydrogen-bond acceptors (Lipinski definition) is 8. The van der Waals surface area contributed by atoms with E-state index in [0.29, 0.717) is 12.8 Å². The molecule has 6 N–H and O–H groups in total. The first-order chi connectivity index (χ1) is 13.3. The first-order valence-corrected chi connectivity index (χ1v) is 8.49. The van der Waals surface area contributed by atoms with Crippen LogP contribution in [0.5, 0.6) is 11.5 Å². The fourth-order valence-corrected chi connectivity index (χ4v) is 2.24. The van der Waals surface area contributed by atoms with Crippen LogP contribution in [0.3, 0.4) is 0 Å². The van der Waals surface area contributed by atoms with E-state index in [1.807, 2.05) is 0 Å². The summed E-state index contributed by atoms with van der Waals surface area (Å²) in [5.41, 5.74) is 12.9. The van der Waals surface area contributed by atoms with Crippen molar-refractivity contribution < 1.29 is 29.3 Å². The Morgan fingerprint density at radius 1 is 0.750 bits per heavy atom. The lowest BCUT2D eigenvalue weighted by molar-refractivity contribution is -0.142. The molecule has 0 aliphatic heterocycles. The summed E-state index contributed by atoms with van der Waals surface area (Å²) < 4.78 is 8.99. The molecule has 0 saturated carbocycles. The van der Waals surface area contributed by atoms with Gasteiger partial charge in [0, 0.05) is 0 Å². The fourth-order valence-electron chi connectivity index (χ4n) is 2.24. The molecule has 2 aromatic rings. The third-order valence-corrected chi connectivity index (χ3v) is 3.79. The number of ether oxygens (including phenoxy) is 2. The average molecular weight is 390 g/mol. The third kappa shape index (κ3) is 8.07. The van der Waals surface area contributed by atoms with Crippen molar-refractivity contribution in [2.75, 3.05) is 14.2 Å². The Hall–Kier alpha value is -3.10. The van der Waals surface area contributed by atoms with E-state index in [4.69, 9.17) is 21.7 Å². The maximum absolute atomic E-state index is 11.0. The van der Waals surface area contributed by atoms with Gasteiger partial charge >= 0.3 is 11.9 Å². The minimum Gasteiger partial charge on any atom is -0.508 e. The van der Waals surface area contributed by atoms with Crippen molar-refractivity contribution in [2.24, 2.45) is 11.5 Å². The van der Waals surface area contributed by atoms with Crippen LogP contribution in [0.2, 0.25) is 0 Å². The largest absolute Gasteiger partial charge is 0.508 e. The monoisotopic (exact) mass is 390 g/mol. The number of nitrogens with two attached hydrogens (primary N) is 2. The summed E-state index contributed by atoms with van der Waals surface area (Å²) in [5, 5.41) is 18.0. The van der Waals surface area contributed by atoms with E-state index in [1.54, 1.807) is 48.5 Å². The molecule has 8 heteroatoms. The van der Waals surface area contributed by atoms with Gasteiger partial charge in [-0.2, -0.15) is 0 Å². The first kappa shape index (κ1) is 22.9. The predicted octanol–water partition coefficient (Wildman–Crippen LogP) is 0.870. The zero-order valence-electron chi connectivity index (χ0n) is 15.9. The van der Waals surface area contributed by atoms with Crippen molar-refractivity contribution in [3.05, 3.63) is 59.7 Å². The summed E-state index contributed by atoms with van der Waals surface area (Å²) >= 11 is 0. The number of carbonyl (C=O) groups excluding carboxylic acids is 2. The molecule has 0 aliphatic carbocycles. The fraction of sp³-hybridized carbons (Fsp3) is 0.300. The molecule has 2 rings (SSSR count). The minimum absolute atomic E-state index is 0.195. The van der Waals surface area contributed by atoms with E-state index < -0.39 is 24.0 Å². The van der Waals surface area contributed by atoms with Gasteiger partial charge < -0.3 is 31.2 Å². The first-order valence-electron chi connectivity index (χ1n) is 8.49. The minimum atomic E-state index is -0.649. The Labute approximate surface area is 163 Å². The van der Waals surface area contributed by atoms with E-state index in [0.717, 1.165) is 11.1 Å². The molecule has 0 amide bonds. The van der Waals surface area contributed by atoms with Crippen LogP contribution in [-0.2, 0) is 31.9 Å². The number of phenolic OH excluding ortho intramolecular Hbond substituents is 2. The topological polar surface area (TPSA) is 145 Å². The van der Waals surface area contributed by atoms with Crippen LogP contribution < -0.4 is 11.5 Å². The zero-order valence-corrected chi connectivity index (χ0v) is 15.9. The number of aromatic hydroxyl groups is 2. The maximum Gasteiger partial charge on any atom is 0.322 e. The second-order valence-electron chi connectivity index (χ2n) is 6.00. The van der Waals surface area contributed by atoms with Crippen LogP contribution >= 0.6 is 0 Å². The van der Waals surface area contributed by atoms with Gasteiger partial charge in [-0.05, 0) is 48.2 Å². The van der Waals surface area contributed by atoms with Crippen LogP contribution in [0.25, 0.3) is 0 Å². The Kier molecular flexibility index (Phi) is 9.49. The molecule has 0 bridgehead atoms. The molecule has 8 nitrogen and oxygen atoms in total. The van der Waals surface area contributed by atoms with E-state index in [9.17, 15) is 9.59 Å². The number of hydrogen-bond donors (Lipinski definition) is 4. The van der Waals surface area contributed by atoms with Crippen LogP contribution in [0.15, 0.2) is 48.5 Å². The summed E-state index contributed by atoms with van der Waals surface area (Å²) in [6.45, 7) is 0. The highest BCUT2D eigenvalue weighted by Crippen LogP contribution is 2.12. The number of methoxy groups -OCH3 is 2. The lowest BCUT2D eigenvalue weighted by Gasteiger charge is -2.08. The second-order valence-corrected chi connectivity index (χ2v) is 6.00. The normalized spacial score (nSPS) is 12.1. The van der Waals surface area contributed by atoms with Crippen molar-refractivity contribution in [3.8, 4) is 11.5 Å². The van der Waals surface area contributed by atoms with E-state index >= 15 is 0 Å². The molecule has 2 atom stereocenters. The summed E-state index contributed by atoms with van der Waals surface area (Å²) in [4.78, 5) is 22.0. The Bertz CT molecular complexity index is 681. The maximum atomic E-state index is 11.0. The molecule has 0 aliphatic rings. The number of esters is 2.